The molecular weight excluding hydrogens is 735 g/mol. The molecule has 0 fully saturated rings. The topological polar surface area (TPSA) is 304 Å². The number of nitrogens with zero attached hydrogens (tertiary/aromatic N) is 8. The molecule has 0 aliphatic rings. The Morgan fingerprint density at radius 1 is 0.458 bits per heavy atom. The van der Waals surface area contributed by atoms with Crippen LogP contribution in [0.4, 0.5) is 0 Å². The largest absolute Gasteiger partial charge is 2.00 e. The van der Waals surface area contributed by atoms with Crippen LogP contribution in [0.3, 0.4) is 0 Å². The summed E-state index contributed by atoms with van der Waals surface area (Å²) in [6, 6.07) is 7.61. The van der Waals surface area contributed by atoms with Crippen molar-refractivity contribution in [3.8, 4) is 0 Å². The number of aliphatic carboxylic acids is 4. The van der Waals surface area contributed by atoms with E-state index < -0.39 is 48.9 Å². The Kier molecular flexibility index (Phi) is 16.9. The average Bonchev–Trinajstić information content (AvgIpc) is 3.05. The standard InChI is InChI=1S/2C10H6N4.2C4H6O5.2Cu/c2*1-2-8-10(14-6-4-12-8)9-7(1)11-3-5-13-9;2*5-2(4(8)9)1-3(6)7;;/h2*1-6H;2*2,5H,1H2,(H,6,7)(H,8,9);;/q;;;;2*+2/p-4/t;;2*2-;;/m..10../s1. The van der Waals surface area contributed by atoms with Gasteiger partial charge in [-0.25, -0.2) is 0 Å². The van der Waals surface area contributed by atoms with E-state index in [4.69, 9.17) is 10.2 Å². The summed E-state index contributed by atoms with van der Waals surface area (Å²) in [5, 5.41) is 54.7. The van der Waals surface area contributed by atoms with Gasteiger partial charge in [0.25, 0.3) is 0 Å². The van der Waals surface area contributed by atoms with Crippen molar-refractivity contribution in [3.05, 3.63) is 73.8 Å². The fourth-order valence-electron chi connectivity index (χ4n) is 3.41. The minimum atomic E-state index is -1.96. The summed E-state index contributed by atoms with van der Waals surface area (Å²) in [5.74, 6) is -6.85. The Morgan fingerprint density at radius 3 is 0.833 bits per heavy atom. The van der Waals surface area contributed by atoms with E-state index in [2.05, 4.69) is 39.9 Å². The van der Waals surface area contributed by atoms with Gasteiger partial charge < -0.3 is 49.8 Å². The molecule has 254 valence electrons. The van der Waals surface area contributed by atoms with Crippen LogP contribution >= 0.6 is 0 Å². The molecule has 6 aromatic rings. The van der Waals surface area contributed by atoms with E-state index in [1.54, 1.807) is 49.6 Å². The third kappa shape index (κ3) is 12.1. The minimum Gasteiger partial charge on any atom is -0.550 e. The van der Waals surface area contributed by atoms with Gasteiger partial charge in [0.15, 0.2) is 0 Å². The molecule has 2 radical (unpaired) electrons. The third-order valence-electron chi connectivity index (χ3n) is 5.42. The second-order valence-electron chi connectivity index (χ2n) is 8.65. The quantitative estimate of drug-likeness (QED) is 0.120. The van der Waals surface area contributed by atoms with Gasteiger partial charge in [-0.05, 0) is 24.3 Å². The van der Waals surface area contributed by atoms with Crippen LogP contribution < -0.4 is 20.4 Å². The zero-order valence-corrected chi connectivity index (χ0v) is 25.7. The molecule has 0 spiro atoms. The van der Waals surface area contributed by atoms with Crippen molar-refractivity contribution >= 4 is 68.0 Å². The molecule has 4 heterocycles. The summed E-state index contributed by atoms with van der Waals surface area (Å²) in [5.41, 5.74) is 6.61. The van der Waals surface area contributed by atoms with E-state index in [1.165, 1.54) is 0 Å². The second kappa shape index (κ2) is 20.0. The van der Waals surface area contributed by atoms with Crippen LogP contribution in [-0.2, 0) is 53.3 Å². The van der Waals surface area contributed by atoms with E-state index in [0.717, 1.165) is 44.1 Å². The molecule has 0 saturated carbocycles. The van der Waals surface area contributed by atoms with Gasteiger partial charge in [0.2, 0.25) is 0 Å². The molecule has 0 amide bonds. The Morgan fingerprint density at radius 2 is 0.667 bits per heavy atom. The van der Waals surface area contributed by atoms with E-state index >= 15 is 0 Å². The molecule has 6 rings (SSSR count). The molecule has 0 aliphatic carbocycles. The Hall–Kier alpha value is -5.36. The third-order valence-corrected chi connectivity index (χ3v) is 5.42. The number of carbonyl (C=O) groups is 4. The molecular formula is C28H20Cu2N8O10. The van der Waals surface area contributed by atoms with Crippen LogP contribution in [0.1, 0.15) is 12.8 Å². The first kappa shape index (κ1) is 40.7. The SMILES string of the molecule is O=C([O-])C[C@@H](O)C(=O)[O-].O=C([O-])C[C@H](O)C(=O)[O-].[Cu+2].[Cu+2].c1cnc2c(ccc3nccnc32)n1.c1cnc2c(ccc3nccnc32)n1. The molecule has 0 bridgehead atoms. The maximum atomic E-state index is 9.58. The number of carboxylic acid groups (broad SMARTS) is 4. The molecule has 0 saturated heterocycles. The van der Waals surface area contributed by atoms with E-state index in [-0.39, 0.29) is 34.1 Å². The van der Waals surface area contributed by atoms with Crippen molar-refractivity contribution in [2.24, 2.45) is 0 Å². The molecule has 2 N–H and O–H groups in total. The van der Waals surface area contributed by atoms with Gasteiger partial charge in [-0.3, -0.25) is 39.9 Å². The van der Waals surface area contributed by atoms with Gasteiger partial charge >= 0.3 is 34.1 Å². The van der Waals surface area contributed by atoms with Gasteiger partial charge in [0.05, 0.1) is 46.2 Å². The Balaban J connectivity index is 0.000000324. The number of fused-ring (bicyclic) bond motifs is 6. The van der Waals surface area contributed by atoms with Crippen LogP contribution in [0.2, 0.25) is 0 Å². The van der Waals surface area contributed by atoms with Crippen LogP contribution in [0, 0.1) is 0 Å². The van der Waals surface area contributed by atoms with Crippen molar-refractivity contribution in [1.82, 2.24) is 39.9 Å². The summed E-state index contributed by atoms with van der Waals surface area (Å²) >= 11 is 0. The number of hydrogen-bond acceptors (Lipinski definition) is 18. The number of benzene rings is 2. The number of aliphatic hydroxyl groups is 2. The van der Waals surface area contributed by atoms with Crippen LogP contribution in [0.25, 0.3) is 44.1 Å². The normalized spacial score (nSPS) is 11.0. The zero-order chi connectivity index (χ0) is 33.6. The number of carboxylic acids is 4. The monoisotopic (exact) mass is 754 g/mol. The number of carbonyl (C=O) groups excluding carboxylic acids is 4. The second-order valence-corrected chi connectivity index (χ2v) is 8.65. The fraction of sp³-hybridized carbons (Fsp3) is 0.143. The van der Waals surface area contributed by atoms with Crippen LogP contribution in [0.15, 0.2) is 73.8 Å². The molecule has 2 aromatic carbocycles. The summed E-state index contributed by atoms with van der Waals surface area (Å²) < 4.78 is 0. The van der Waals surface area contributed by atoms with Crippen LogP contribution in [0.5, 0.6) is 0 Å². The summed E-state index contributed by atoms with van der Waals surface area (Å²) in [6.07, 6.45) is 7.55. The first-order chi connectivity index (χ1) is 22.0. The predicted molar refractivity (Wildman–Crippen MR) is 147 cm³/mol. The van der Waals surface area contributed by atoms with Gasteiger partial charge in [0.1, 0.15) is 22.1 Å². The Labute approximate surface area is 290 Å². The summed E-state index contributed by atoms with van der Waals surface area (Å²) in [6.45, 7) is 0. The van der Waals surface area contributed by atoms with E-state index in [9.17, 15) is 39.6 Å². The average molecular weight is 756 g/mol. The van der Waals surface area contributed by atoms with Gasteiger partial charge in [0, 0.05) is 74.4 Å². The molecule has 0 unspecified atom stereocenters. The number of hydrogen-bond donors (Lipinski definition) is 2. The minimum absolute atomic E-state index is 0. The van der Waals surface area contributed by atoms with Crippen molar-refractivity contribution in [3.63, 3.8) is 0 Å². The molecule has 20 heteroatoms. The molecule has 2 atom stereocenters. The molecule has 4 aromatic heterocycles. The Bertz CT molecular complexity index is 1750. The number of aromatic nitrogens is 8. The van der Waals surface area contributed by atoms with Crippen molar-refractivity contribution in [1.29, 1.82) is 0 Å². The summed E-state index contributed by atoms with van der Waals surface area (Å²) in [4.78, 5) is 72.1. The maximum Gasteiger partial charge on any atom is 2.00 e. The predicted octanol–water partition coefficient (Wildman–Crippen LogP) is -4.38. The summed E-state index contributed by atoms with van der Waals surface area (Å²) in [7, 11) is 0. The first-order valence-corrected chi connectivity index (χ1v) is 12.8. The first-order valence-electron chi connectivity index (χ1n) is 12.8. The van der Waals surface area contributed by atoms with Gasteiger partial charge in [-0.15, -0.1) is 0 Å². The molecule has 48 heavy (non-hydrogen) atoms. The smallest absolute Gasteiger partial charge is 0.550 e. The van der Waals surface area contributed by atoms with Gasteiger partial charge in [-0.1, -0.05) is 0 Å². The number of rotatable bonds is 6. The zero-order valence-electron chi connectivity index (χ0n) is 23.8. The van der Waals surface area contributed by atoms with Crippen LogP contribution in [-0.4, -0.2) is 86.2 Å². The van der Waals surface area contributed by atoms with Crippen molar-refractivity contribution in [2.75, 3.05) is 0 Å². The van der Waals surface area contributed by atoms with Gasteiger partial charge in [-0.2, -0.15) is 0 Å². The maximum absolute atomic E-state index is 9.58. The number of aliphatic hydroxyl groups excluding tert-OH is 2. The molecule has 0 aliphatic heterocycles. The van der Waals surface area contributed by atoms with Crippen molar-refractivity contribution < 1.29 is 84.0 Å². The molecule has 18 nitrogen and oxygen atoms in total. The van der Waals surface area contributed by atoms with E-state index in [1.807, 2.05) is 24.3 Å². The van der Waals surface area contributed by atoms with Crippen molar-refractivity contribution in [2.45, 2.75) is 25.0 Å². The van der Waals surface area contributed by atoms with E-state index in [0.29, 0.717) is 0 Å². The fourth-order valence-corrected chi connectivity index (χ4v) is 3.41.